The van der Waals surface area contributed by atoms with Crippen LogP contribution in [0.3, 0.4) is 0 Å². The third-order valence-corrected chi connectivity index (χ3v) is 4.12. The molecule has 0 spiro atoms. The number of anilines is 1. The first kappa shape index (κ1) is 14.8. The maximum atomic E-state index is 12.6. The lowest BCUT2D eigenvalue weighted by atomic mass is 10.0. The van der Waals surface area contributed by atoms with Gasteiger partial charge in [-0.25, -0.2) is 4.90 Å². The number of para-hydroxylation sites is 1. The van der Waals surface area contributed by atoms with Gasteiger partial charge in [-0.1, -0.05) is 53.5 Å². The van der Waals surface area contributed by atoms with Gasteiger partial charge < -0.3 is 0 Å². The lowest BCUT2D eigenvalue weighted by Gasteiger charge is -2.11. The average molecular weight is 332 g/mol. The van der Waals surface area contributed by atoms with Gasteiger partial charge in [0.05, 0.1) is 16.3 Å². The van der Waals surface area contributed by atoms with Crippen LogP contribution in [0, 0.1) is 0 Å². The molecule has 3 rings (SSSR count). The molecule has 0 fully saturated rings. The normalized spacial score (nSPS) is 15.8. The Morgan fingerprint density at radius 3 is 2.32 bits per heavy atom. The summed E-state index contributed by atoms with van der Waals surface area (Å²) in [5.74, 6) is -0.748. The van der Waals surface area contributed by atoms with E-state index in [0.717, 1.165) is 4.90 Å². The van der Waals surface area contributed by atoms with Crippen LogP contribution < -0.4 is 4.90 Å². The first-order chi connectivity index (χ1) is 10.5. The highest BCUT2D eigenvalue weighted by Gasteiger charge is 2.36. The zero-order valence-electron chi connectivity index (χ0n) is 11.6. The molecule has 0 saturated carbocycles. The van der Waals surface area contributed by atoms with E-state index >= 15 is 0 Å². The number of carbonyl (C=O) groups is 2. The molecule has 3 nitrogen and oxygen atoms in total. The van der Waals surface area contributed by atoms with Crippen molar-refractivity contribution in [3.8, 4) is 0 Å². The fourth-order valence-electron chi connectivity index (χ4n) is 2.48. The molecule has 2 aromatic carbocycles. The van der Waals surface area contributed by atoms with Gasteiger partial charge in [0.15, 0.2) is 0 Å². The van der Waals surface area contributed by atoms with E-state index in [0.29, 0.717) is 32.4 Å². The van der Waals surface area contributed by atoms with Gasteiger partial charge in [-0.15, -0.1) is 0 Å². The van der Waals surface area contributed by atoms with E-state index in [1.165, 1.54) is 6.92 Å². The zero-order chi connectivity index (χ0) is 15.9. The van der Waals surface area contributed by atoms with E-state index in [2.05, 4.69) is 0 Å². The highest BCUT2D eigenvalue weighted by atomic mass is 35.5. The Hall–Kier alpha value is -2.10. The monoisotopic (exact) mass is 331 g/mol. The van der Waals surface area contributed by atoms with Gasteiger partial charge in [0.2, 0.25) is 5.91 Å². The Labute approximate surface area is 137 Å². The molecule has 0 atom stereocenters. The van der Waals surface area contributed by atoms with Crippen molar-refractivity contribution in [2.75, 3.05) is 4.90 Å². The molecule has 110 valence electrons. The number of halogens is 2. The molecule has 2 amide bonds. The highest BCUT2D eigenvalue weighted by Crippen LogP contribution is 2.42. The second-order valence-electron chi connectivity index (χ2n) is 4.87. The molecular weight excluding hydrogens is 321 g/mol. The summed E-state index contributed by atoms with van der Waals surface area (Å²) in [6, 6.07) is 14.0. The summed E-state index contributed by atoms with van der Waals surface area (Å²) in [6.45, 7) is 1.35. The minimum Gasteiger partial charge on any atom is -0.274 e. The van der Waals surface area contributed by atoms with E-state index in [-0.39, 0.29) is 5.91 Å². The van der Waals surface area contributed by atoms with Gasteiger partial charge in [0.25, 0.3) is 5.91 Å². The van der Waals surface area contributed by atoms with E-state index in [9.17, 15) is 9.59 Å². The van der Waals surface area contributed by atoms with Gasteiger partial charge in [-0.3, -0.25) is 9.59 Å². The number of amides is 2. The van der Waals surface area contributed by atoms with E-state index in [1.54, 1.807) is 42.5 Å². The Balaban J connectivity index is 2.22. The molecular formula is C17H11Cl2NO2. The van der Waals surface area contributed by atoms with E-state index in [4.69, 9.17) is 23.2 Å². The van der Waals surface area contributed by atoms with Gasteiger partial charge >= 0.3 is 0 Å². The van der Waals surface area contributed by atoms with Crippen molar-refractivity contribution >= 4 is 51.3 Å². The topological polar surface area (TPSA) is 37.4 Å². The average Bonchev–Trinajstić information content (AvgIpc) is 2.79. The minimum atomic E-state index is -0.409. The van der Waals surface area contributed by atoms with E-state index < -0.39 is 5.91 Å². The number of hydrogen-bond acceptors (Lipinski definition) is 2. The lowest BCUT2D eigenvalue weighted by Crippen LogP contribution is -2.31. The molecule has 0 radical (unpaired) electrons. The Bertz CT molecular complexity index is 810. The summed E-state index contributed by atoms with van der Waals surface area (Å²) in [6.07, 6.45) is 0. The maximum absolute atomic E-state index is 12.6. The Morgan fingerprint density at radius 2 is 1.68 bits per heavy atom. The van der Waals surface area contributed by atoms with Crippen LogP contribution in [-0.4, -0.2) is 11.8 Å². The Morgan fingerprint density at radius 1 is 1.05 bits per heavy atom. The summed E-state index contributed by atoms with van der Waals surface area (Å²) in [4.78, 5) is 25.6. The van der Waals surface area contributed by atoms with Gasteiger partial charge in [0.1, 0.15) is 0 Å². The number of fused-ring (bicyclic) bond motifs is 1. The molecule has 0 unspecified atom stereocenters. The van der Waals surface area contributed by atoms with Gasteiger partial charge in [-0.2, -0.15) is 0 Å². The molecule has 1 heterocycles. The number of hydrogen-bond donors (Lipinski definition) is 0. The van der Waals surface area contributed by atoms with Crippen molar-refractivity contribution < 1.29 is 9.59 Å². The molecule has 5 heteroatoms. The lowest BCUT2D eigenvalue weighted by molar-refractivity contribution is -0.122. The van der Waals surface area contributed by atoms with Crippen molar-refractivity contribution in [3.63, 3.8) is 0 Å². The summed E-state index contributed by atoms with van der Waals surface area (Å²) in [5.41, 5.74) is 2.22. The molecule has 0 aromatic heterocycles. The Kier molecular flexibility index (Phi) is 3.77. The third kappa shape index (κ3) is 2.32. The quantitative estimate of drug-likeness (QED) is 0.729. The van der Waals surface area contributed by atoms with Gasteiger partial charge in [0, 0.05) is 17.5 Å². The molecule has 0 saturated heterocycles. The van der Waals surface area contributed by atoms with Crippen LogP contribution in [0.2, 0.25) is 5.02 Å². The highest BCUT2D eigenvalue weighted by molar-refractivity contribution is 6.60. The van der Waals surface area contributed by atoms with Crippen LogP contribution in [0.25, 0.3) is 10.6 Å². The van der Waals surface area contributed by atoms with Crippen LogP contribution in [-0.2, 0) is 9.59 Å². The predicted octanol–water partition coefficient (Wildman–Crippen LogP) is 4.34. The number of nitrogens with zero attached hydrogens (tertiary/aromatic N) is 1. The SMILES string of the molecule is CC(=O)N1C(=O)/C(=C(/Cl)c2ccc(Cl)cc2)c2ccccc21. The largest absolute Gasteiger partial charge is 0.274 e. The van der Waals surface area contributed by atoms with Crippen LogP contribution in [0.4, 0.5) is 5.69 Å². The number of carbonyl (C=O) groups excluding carboxylic acids is 2. The van der Waals surface area contributed by atoms with Gasteiger partial charge in [-0.05, 0) is 23.8 Å². The van der Waals surface area contributed by atoms with E-state index in [1.807, 2.05) is 6.07 Å². The number of imide groups is 1. The van der Waals surface area contributed by atoms with Crippen molar-refractivity contribution in [1.82, 2.24) is 0 Å². The minimum absolute atomic E-state index is 0.304. The maximum Gasteiger partial charge on any atom is 0.267 e. The standard InChI is InChI=1S/C17H11Cl2NO2/c1-10(21)20-14-5-3-2-4-13(14)15(17(20)22)16(19)11-6-8-12(18)9-7-11/h2-9H,1H3/b16-15+. The zero-order valence-corrected chi connectivity index (χ0v) is 13.2. The van der Waals surface area contributed by atoms with Crippen LogP contribution in [0.15, 0.2) is 48.5 Å². The summed E-state index contributed by atoms with van der Waals surface area (Å²) < 4.78 is 0. The number of rotatable bonds is 1. The smallest absolute Gasteiger partial charge is 0.267 e. The molecule has 0 aliphatic carbocycles. The van der Waals surface area contributed by atoms with Crippen LogP contribution in [0.1, 0.15) is 18.1 Å². The fourth-order valence-corrected chi connectivity index (χ4v) is 2.92. The van der Waals surface area contributed by atoms with Crippen molar-refractivity contribution in [2.45, 2.75) is 6.92 Å². The molecule has 0 bridgehead atoms. The van der Waals surface area contributed by atoms with Crippen LogP contribution in [0.5, 0.6) is 0 Å². The second-order valence-corrected chi connectivity index (χ2v) is 5.69. The van der Waals surface area contributed by atoms with Crippen molar-refractivity contribution in [2.24, 2.45) is 0 Å². The second kappa shape index (κ2) is 5.59. The van der Waals surface area contributed by atoms with Crippen LogP contribution >= 0.6 is 23.2 Å². The molecule has 0 N–H and O–H groups in total. The summed E-state index contributed by atoms with van der Waals surface area (Å²) >= 11 is 12.3. The predicted molar refractivity (Wildman–Crippen MR) is 88.7 cm³/mol. The third-order valence-electron chi connectivity index (χ3n) is 3.46. The van der Waals surface area contributed by atoms with Crippen molar-refractivity contribution in [3.05, 3.63) is 64.7 Å². The summed E-state index contributed by atoms with van der Waals surface area (Å²) in [5, 5.41) is 0.889. The molecule has 1 aliphatic rings. The molecule has 2 aromatic rings. The first-order valence-electron chi connectivity index (χ1n) is 6.61. The fraction of sp³-hybridized carbons (Fsp3) is 0.0588. The molecule has 22 heavy (non-hydrogen) atoms. The van der Waals surface area contributed by atoms with Crippen molar-refractivity contribution in [1.29, 1.82) is 0 Å². The summed E-state index contributed by atoms with van der Waals surface area (Å²) in [7, 11) is 0. The molecule has 1 aliphatic heterocycles. The first-order valence-corrected chi connectivity index (χ1v) is 7.36. The number of benzene rings is 2.